The molecule has 0 aliphatic carbocycles. The fourth-order valence-electron chi connectivity index (χ4n) is 1.51. The zero-order valence-corrected chi connectivity index (χ0v) is 10.0. The summed E-state index contributed by atoms with van der Waals surface area (Å²) < 4.78 is 5.89. The van der Waals surface area contributed by atoms with Crippen LogP contribution in [0.1, 0.15) is 16.2 Å². The minimum absolute atomic E-state index is 0.00538. The van der Waals surface area contributed by atoms with Crippen LogP contribution in [0.3, 0.4) is 0 Å². The van der Waals surface area contributed by atoms with Crippen molar-refractivity contribution in [3.63, 3.8) is 0 Å². The largest absolute Gasteiger partial charge is 0.463 e. The molecule has 2 rings (SSSR count). The number of nitrogens with zero attached hydrogens (tertiary/aromatic N) is 4. The van der Waals surface area contributed by atoms with Crippen LogP contribution in [0, 0.1) is 10.1 Å². The molecule has 0 spiro atoms. The number of rotatable bonds is 4. The lowest BCUT2D eigenvalue weighted by molar-refractivity contribution is -0.384. The quantitative estimate of drug-likeness (QED) is 0.463. The number of methoxy groups -OCH3 is 1. The van der Waals surface area contributed by atoms with Crippen molar-refractivity contribution in [2.24, 2.45) is 0 Å². The van der Waals surface area contributed by atoms with Gasteiger partial charge in [0.25, 0.3) is 11.5 Å². The summed E-state index contributed by atoms with van der Waals surface area (Å²) in [5, 5.41) is 14.6. The number of carbonyl (C=O) groups excluding carboxylic acids is 1. The Morgan fingerprint density at radius 3 is 3.00 bits per heavy atom. The zero-order valence-electron chi connectivity index (χ0n) is 10.0. The number of hydrogen-bond donors (Lipinski definition) is 0. The summed E-state index contributed by atoms with van der Waals surface area (Å²) in [6.07, 6.45) is 1.37. The molecule has 0 unspecified atom stereocenters. The molecule has 0 N–H and O–H groups in total. The van der Waals surface area contributed by atoms with Crippen LogP contribution in [0.25, 0.3) is 0 Å². The summed E-state index contributed by atoms with van der Waals surface area (Å²) >= 11 is 0. The molecule has 1 aromatic heterocycles. The average molecular weight is 262 g/mol. The summed E-state index contributed by atoms with van der Waals surface area (Å²) in [5.74, 6) is -0.675. The molecule has 2 aromatic rings. The van der Waals surface area contributed by atoms with Crippen molar-refractivity contribution < 1.29 is 14.5 Å². The maximum atomic E-state index is 11.2. The fraction of sp³-hybridized carbons (Fsp3) is 0.182. The van der Waals surface area contributed by atoms with E-state index >= 15 is 0 Å². The van der Waals surface area contributed by atoms with Gasteiger partial charge in [0.15, 0.2) is 0 Å². The molecular weight excluding hydrogens is 252 g/mol. The minimum atomic E-state index is -0.627. The molecule has 8 nitrogen and oxygen atoms in total. The lowest BCUT2D eigenvalue weighted by Crippen LogP contribution is -2.06. The van der Waals surface area contributed by atoms with Gasteiger partial charge in [-0.05, 0) is 5.56 Å². The first-order chi connectivity index (χ1) is 9.10. The predicted octanol–water partition coefficient (Wildman–Crippen LogP) is 1.02. The number of non-ortho nitro benzene ring substituents is 1. The lowest BCUT2D eigenvalue weighted by Gasteiger charge is -2.00. The van der Waals surface area contributed by atoms with Gasteiger partial charge < -0.3 is 4.74 Å². The smallest absolute Gasteiger partial charge is 0.377 e. The zero-order chi connectivity index (χ0) is 13.8. The van der Waals surface area contributed by atoms with E-state index in [1.807, 2.05) is 0 Å². The van der Waals surface area contributed by atoms with Gasteiger partial charge in [-0.1, -0.05) is 12.1 Å². The molecule has 0 amide bonds. The van der Waals surface area contributed by atoms with Crippen LogP contribution in [-0.4, -0.2) is 32.8 Å². The SMILES string of the molecule is COC(=O)c1ncn(Cc2cccc([N+](=O)[O-])c2)n1. The first kappa shape index (κ1) is 12.7. The molecular formula is C11H10N4O4. The Labute approximate surface area is 107 Å². The number of nitro benzene ring substituents is 1. The van der Waals surface area contributed by atoms with Gasteiger partial charge in [0.1, 0.15) is 6.33 Å². The van der Waals surface area contributed by atoms with E-state index in [2.05, 4.69) is 14.8 Å². The van der Waals surface area contributed by atoms with E-state index in [1.54, 1.807) is 12.1 Å². The van der Waals surface area contributed by atoms with Crippen molar-refractivity contribution in [3.05, 3.63) is 52.1 Å². The van der Waals surface area contributed by atoms with E-state index in [1.165, 1.54) is 30.3 Å². The molecule has 0 saturated heterocycles. The highest BCUT2D eigenvalue weighted by molar-refractivity contribution is 5.84. The van der Waals surface area contributed by atoms with Gasteiger partial charge in [0, 0.05) is 12.1 Å². The molecule has 0 aliphatic heterocycles. The fourth-order valence-corrected chi connectivity index (χ4v) is 1.51. The number of esters is 1. The number of ether oxygens (including phenoxy) is 1. The van der Waals surface area contributed by atoms with Crippen LogP contribution in [0.4, 0.5) is 5.69 Å². The standard InChI is InChI=1S/C11H10N4O4/c1-19-11(16)10-12-7-14(13-10)6-8-3-2-4-9(5-8)15(17)18/h2-5,7H,6H2,1H3. The third-order valence-electron chi connectivity index (χ3n) is 2.37. The Bertz CT molecular complexity index is 623. The van der Waals surface area contributed by atoms with Crippen LogP contribution in [0.5, 0.6) is 0 Å². The second-order valence-electron chi connectivity index (χ2n) is 3.68. The number of nitro groups is 1. The summed E-state index contributed by atoms with van der Waals surface area (Å²) in [7, 11) is 1.24. The summed E-state index contributed by atoms with van der Waals surface area (Å²) in [4.78, 5) is 25.1. The number of hydrogen-bond acceptors (Lipinski definition) is 6. The summed E-state index contributed by atoms with van der Waals surface area (Å²) in [5.41, 5.74) is 0.696. The molecule has 98 valence electrons. The number of carbonyl (C=O) groups is 1. The van der Waals surface area contributed by atoms with Crippen molar-refractivity contribution in [3.8, 4) is 0 Å². The van der Waals surface area contributed by atoms with Gasteiger partial charge in [0.05, 0.1) is 18.6 Å². The first-order valence-electron chi connectivity index (χ1n) is 5.31. The number of benzene rings is 1. The van der Waals surface area contributed by atoms with E-state index in [0.717, 1.165) is 0 Å². The van der Waals surface area contributed by atoms with Gasteiger partial charge in [-0.2, -0.15) is 0 Å². The second-order valence-corrected chi connectivity index (χ2v) is 3.68. The van der Waals surface area contributed by atoms with Crippen LogP contribution >= 0.6 is 0 Å². The summed E-state index contributed by atoms with van der Waals surface area (Å²) in [6, 6.07) is 6.17. The van der Waals surface area contributed by atoms with Gasteiger partial charge in [-0.25, -0.2) is 14.5 Å². The maximum absolute atomic E-state index is 11.2. The molecule has 0 radical (unpaired) electrons. The third kappa shape index (κ3) is 2.92. The monoisotopic (exact) mass is 262 g/mol. The van der Waals surface area contributed by atoms with Crippen LogP contribution in [-0.2, 0) is 11.3 Å². The van der Waals surface area contributed by atoms with Crippen molar-refractivity contribution >= 4 is 11.7 Å². The Kier molecular flexibility index (Phi) is 3.51. The van der Waals surface area contributed by atoms with E-state index < -0.39 is 10.9 Å². The van der Waals surface area contributed by atoms with Crippen LogP contribution in [0.2, 0.25) is 0 Å². The highest BCUT2D eigenvalue weighted by Crippen LogP contribution is 2.13. The first-order valence-corrected chi connectivity index (χ1v) is 5.31. The van der Waals surface area contributed by atoms with E-state index in [4.69, 9.17) is 0 Å². The molecule has 0 saturated carbocycles. The summed E-state index contributed by atoms with van der Waals surface area (Å²) in [6.45, 7) is 0.283. The van der Waals surface area contributed by atoms with Gasteiger partial charge in [-0.3, -0.25) is 10.1 Å². The third-order valence-corrected chi connectivity index (χ3v) is 2.37. The van der Waals surface area contributed by atoms with Crippen LogP contribution in [0.15, 0.2) is 30.6 Å². The lowest BCUT2D eigenvalue weighted by atomic mass is 10.2. The molecule has 19 heavy (non-hydrogen) atoms. The van der Waals surface area contributed by atoms with E-state index in [0.29, 0.717) is 5.56 Å². The molecule has 0 bridgehead atoms. The van der Waals surface area contributed by atoms with Crippen molar-refractivity contribution in [1.82, 2.24) is 14.8 Å². The van der Waals surface area contributed by atoms with Gasteiger partial charge in [0.2, 0.25) is 0 Å². The van der Waals surface area contributed by atoms with Crippen molar-refractivity contribution in [1.29, 1.82) is 0 Å². The Morgan fingerprint density at radius 1 is 1.53 bits per heavy atom. The molecule has 1 aromatic carbocycles. The second kappa shape index (κ2) is 5.25. The van der Waals surface area contributed by atoms with Crippen molar-refractivity contribution in [2.75, 3.05) is 7.11 Å². The van der Waals surface area contributed by atoms with Gasteiger partial charge in [-0.15, -0.1) is 5.10 Å². The topological polar surface area (TPSA) is 100 Å². The highest BCUT2D eigenvalue weighted by atomic mass is 16.6. The molecule has 0 aliphatic rings. The Balaban J connectivity index is 2.17. The minimum Gasteiger partial charge on any atom is -0.463 e. The highest BCUT2D eigenvalue weighted by Gasteiger charge is 2.12. The van der Waals surface area contributed by atoms with E-state index in [-0.39, 0.29) is 18.1 Å². The Morgan fingerprint density at radius 2 is 2.32 bits per heavy atom. The predicted molar refractivity (Wildman–Crippen MR) is 63.6 cm³/mol. The maximum Gasteiger partial charge on any atom is 0.377 e. The Hall–Kier alpha value is -2.77. The molecule has 0 atom stereocenters. The van der Waals surface area contributed by atoms with E-state index in [9.17, 15) is 14.9 Å². The van der Waals surface area contributed by atoms with Gasteiger partial charge >= 0.3 is 5.97 Å². The number of aromatic nitrogens is 3. The van der Waals surface area contributed by atoms with Crippen LogP contribution < -0.4 is 0 Å². The molecule has 0 fully saturated rings. The molecule has 1 heterocycles. The average Bonchev–Trinajstić information content (AvgIpc) is 2.86. The van der Waals surface area contributed by atoms with Crippen molar-refractivity contribution in [2.45, 2.75) is 6.54 Å². The normalized spacial score (nSPS) is 10.2. The molecule has 8 heteroatoms.